The molecule has 6 nitrogen and oxygen atoms in total. The van der Waals surface area contributed by atoms with Crippen molar-refractivity contribution in [3.8, 4) is 0 Å². The Morgan fingerprint density at radius 1 is 1.31 bits per heavy atom. The van der Waals surface area contributed by atoms with E-state index in [1.54, 1.807) is 0 Å². The second-order valence-electron chi connectivity index (χ2n) is 8.23. The van der Waals surface area contributed by atoms with Crippen LogP contribution in [0.25, 0.3) is 10.9 Å². The van der Waals surface area contributed by atoms with Gasteiger partial charge in [-0.2, -0.15) is 5.10 Å². The van der Waals surface area contributed by atoms with Crippen LogP contribution in [-0.4, -0.2) is 51.3 Å². The third-order valence-electron chi connectivity index (χ3n) is 6.04. The summed E-state index contributed by atoms with van der Waals surface area (Å²) in [5.41, 5.74) is 2.17. The molecule has 0 spiro atoms. The quantitative estimate of drug-likeness (QED) is 0.764. The Kier molecular flexibility index (Phi) is 4.71. The zero-order valence-corrected chi connectivity index (χ0v) is 15.5. The van der Waals surface area contributed by atoms with Crippen molar-refractivity contribution in [1.29, 1.82) is 0 Å². The summed E-state index contributed by atoms with van der Waals surface area (Å²) in [6.07, 6.45) is 1.38. The molecule has 6 heteroatoms. The van der Waals surface area contributed by atoms with Crippen LogP contribution in [0.3, 0.4) is 0 Å². The molecule has 2 aromatic rings. The predicted molar refractivity (Wildman–Crippen MR) is 100 cm³/mol. The maximum Gasteiger partial charge on any atom is 0.249 e. The molecule has 140 valence electrons. The van der Waals surface area contributed by atoms with Gasteiger partial charge in [-0.15, -0.1) is 0 Å². The molecule has 1 aromatic carbocycles. The topological polar surface area (TPSA) is 81.2 Å². The van der Waals surface area contributed by atoms with Crippen LogP contribution in [0.2, 0.25) is 0 Å². The van der Waals surface area contributed by atoms with Gasteiger partial charge < -0.3 is 10.4 Å². The van der Waals surface area contributed by atoms with Gasteiger partial charge in [-0.1, -0.05) is 32.0 Å². The van der Waals surface area contributed by atoms with E-state index >= 15 is 0 Å². The molecule has 2 aliphatic rings. The summed E-state index contributed by atoms with van der Waals surface area (Å²) in [7, 11) is 0. The number of aliphatic hydroxyl groups excluding tert-OH is 1. The number of nitrogens with one attached hydrogen (secondary N) is 2. The summed E-state index contributed by atoms with van der Waals surface area (Å²) in [6.45, 7) is 6.56. The number of fused-ring (bicyclic) bond motifs is 3. The van der Waals surface area contributed by atoms with Gasteiger partial charge in [0.15, 0.2) is 0 Å². The second kappa shape index (κ2) is 7.00. The molecule has 2 unspecified atom stereocenters. The van der Waals surface area contributed by atoms with Gasteiger partial charge in [-0.05, 0) is 36.7 Å². The molecule has 1 amide bonds. The van der Waals surface area contributed by atoms with E-state index in [1.165, 1.54) is 5.39 Å². The highest BCUT2D eigenvalue weighted by molar-refractivity contribution is 5.81. The van der Waals surface area contributed by atoms with Crippen molar-refractivity contribution < 1.29 is 9.90 Å². The molecular weight excluding hydrogens is 328 g/mol. The zero-order chi connectivity index (χ0) is 18.3. The minimum Gasteiger partial charge on any atom is -0.383 e. The third-order valence-corrected chi connectivity index (χ3v) is 6.04. The first-order valence-corrected chi connectivity index (χ1v) is 9.65. The summed E-state index contributed by atoms with van der Waals surface area (Å²) in [5, 5.41) is 21.9. The summed E-state index contributed by atoms with van der Waals surface area (Å²) in [4.78, 5) is 14.7. The van der Waals surface area contributed by atoms with Crippen LogP contribution in [0.1, 0.15) is 32.4 Å². The Morgan fingerprint density at radius 2 is 2.00 bits per heavy atom. The molecule has 3 N–H and O–H groups in total. The standard InChI is InChI=1S/C20H28N4O2/c1-12(2)19(25)20(26)21-18-13-7-8-14(18)10-24(9-13)11-17-15-5-3-4-6-16(15)22-23-17/h3-6,12-14,18-19,25H,7-11H2,1-2H3,(H,21,26)(H,22,23)/t13-,14+,18?,19?. The van der Waals surface area contributed by atoms with Crippen LogP contribution in [-0.2, 0) is 11.3 Å². The molecule has 2 heterocycles. The molecular formula is C20H28N4O2. The summed E-state index contributed by atoms with van der Waals surface area (Å²) in [6, 6.07) is 8.40. The van der Waals surface area contributed by atoms with Gasteiger partial charge in [-0.25, -0.2) is 0 Å². The molecule has 4 atom stereocenters. The van der Waals surface area contributed by atoms with E-state index in [2.05, 4.69) is 26.5 Å². The van der Waals surface area contributed by atoms with Crippen molar-refractivity contribution in [3.63, 3.8) is 0 Å². The van der Waals surface area contributed by atoms with E-state index in [0.29, 0.717) is 11.8 Å². The number of aliphatic hydroxyl groups is 1. The number of carbonyl (C=O) groups excluding carboxylic acids is 1. The smallest absolute Gasteiger partial charge is 0.249 e. The lowest BCUT2D eigenvalue weighted by Gasteiger charge is -2.38. The Hall–Kier alpha value is -1.92. The monoisotopic (exact) mass is 356 g/mol. The van der Waals surface area contributed by atoms with Crippen LogP contribution in [0.4, 0.5) is 0 Å². The fourth-order valence-electron chi connectivity index (χ4n) is 4.60. The number of H-pyrrole nitrogens is 1. The van der Waals surface area contributed by atoms with Crippen molar-refractivity contribution in [2.75, 3.05) is 13.1 Å². The van der Waals surface area contributed by atoms with E-state index in [0.717, 1.165) is 43.7 Å². The van der Waals surface area contributed by atoms with Crippen LogP contribution in [0.15, 0.2) is 24.3 Å². The highest BCUT2D eigenvalue weighted by Gasteiger charge is 2.43. The highest BCUT2D eigenvalue weighted by atomic mass is 16.3. The van der Waals surface area contributed by atoms with Gasteiger partial charge in [0.1, 0.15) is 6.10 Å². The van der Waals surface area contributed by atoms with Crippen LogP contribution < -0.4 is 5.32 Å². The van der Waals surface area contributed by atoms with E-state index < -0.39 is 6.10 Å². The molecule has 2 bridgehead atoms. The van der Waals surface area contributed by atoms with Crippen LogP contribution >= 0.6 is 0 Å². The Balaban J connectivity index is 1.41. The molecule has 1 saturated heterocycles. The number of rotatable bonds is 5. The molecule has 1 aliphatic carbocycles. The lowest BCUT2D eigenvalue weighted by molar-refractivity contribution is -0.133. The lowest BCUT2D eigenvalue weighted by Crippen LogP contribution is -2.54. The van der Waals surface area contributed by atoms with Crippen LogP contribution in [0.5, 0.6) is 0 Å². The average molecular weight is 356 g/mol. The minimum atomic E-state index is -0.913. The Labute approximate surface area is 154 Å². The van der Waals surface area contributed by atoms with Crippen LogP contribution in [0, 0.1) is 17.8 Å². The Bertz CT molecular complexity index is 773. The number of carbonyl (C=O) groups is 1. The van der Waals surface area contributed by atoms with Crippen molar-refractivity contribution >= 4 is 16.8 Å². The predicted octanol–water partition coefficient (Wildman–Crippen LogP) is 1.91. The van der Waals surface area contributed by atoms with Gasteiger partial charge in [0.25, 0.3) is 0 Å². The molecule has 1 aliphatic heterocycles. The molecule has 26 heavy (non-hydrogen) atoms. The van der Waals surface area contributed by atoms with E-state index in [1.807, 2.05) is 32.0 Å². The number of para-hydroxylation sites is 1. The molecule has 0 radical (unpaired) electrons. The number of benzene rings is 1. The largest absolute Gasteiger partial charge is 0.383 e. The van der Waals surface area contributed by atoms with E-state index in [9.17, 15) is 9.90 Å². The molecule has 2 fully saturated rings. The number of nitrogens with zero attached hydrogens (tertiary/aromatic N) is 2. The second-order valence-corrected chi connectivity index (χ2v) is 8.23. The van der Waals surface area contributed by atoms with E-state index in [-0.39, 0.29) is 17.9 Å². The number of likely N-dealkylation sites (tertiary alicyclic amines) is 1. The fraction of sp³-hybridized carbons (Fsp3) is 0.600. The first-order chi connectivity index (χ1) is 12.5. The Morgan fingerprint density at radius 3 is 2.69 bits per heavy atom. The highest BCUT2D eigenvalue weighted by Crippen LogP contribution is 2.37. The molecule has 1 aromatic heterocycles. The number of hydrogen-bond donors (Lipinski definition) is 3. The summed E-state index contributed by atoms with van der Waals surface area (Å²) < 4.78 is 0. The van der Waals surface area contributed by atoms with Crippen molar-refractivity contribution in [2.45, 2.75) is 45.4 Å². The van der Waals surface area contributed by atoms with Gasteiger partial charge in [0.2, 0.25) is 5.91 Å². The number of hydrogen-bond acceptors (Lipinski definition) is 4. The first kappa shape index (κ1) is 17.5. The lowest BCUT2D eigenvalue weighted by atomic mass is 9.91. The maximum atomic E-state index is 12.3. The fourth-order valence-corrected chi connectivity index (χ4v) is 4.60. The third kappa shape index (κ3) is 3.23. The minimum absolute atomic E-state index is 0.0543. The average Bonchev–Trinajstić information content (AvgIpc) is 3.12. The zero-order valence-electron chi connectivity index (χ0n) is 15.5. The summed E-state index contributed by atoms with van der Waals surface area (Å²) >= 11 is 0. The van der Waals surface area contributed by atoms with Gasteiger partial charge in [-0.3, -0.25) is 14.8 Å². The number of amides is 1. The normalized spacial score (nSPS) is 27.2. The molecule has 4 rings (SSSR count). The van der Waals surface area contributed by atoms with Crippen molar-refractivity contribution in [3.05, 3.63) is 30.0 Å². The molecule has 1 saturated carbocycles. The first-order valence-electron chi connectivity index (χ1n) is 9.65. The van der Waals surface area contributed by atoms with Gasteiger partial charge >= 0.3 is 0 Å². The maximum absolute atomic E-state index is 12.3. The number of aromatic nitrogens is 2. The SMILES string of the molecule is CC(C)C(O)C(=O)NC1[C@@H]2CC[C@H]1CN(Cc1[nH]nc3ccccc13)C2. The van der Waals surface area contributed by atoms with Gasteiger partial charge in [0.05, 0.1) is 11.2 Å². The number of aromatic amines is 1. The van der Waals surface area contributed by atoms with Crippen molar-refractivity contribution in [2.24, 2.45) is 17.8 Å². The van der Waals surface area contributed by atoms with Crippen molar-refractivity contribution in [1.82, 2.24) is 20.4 Å². The van der Waals surface area contributed by atoms with E-state index in [4.69, 9.17) is 0 Å². The number of piperidine rings is 1. The van der Waals surface area contributed by atoms with Gasteiger partial charge in [0, 0.05) is 31.1 Å². The summed E-state index contributed by atoms with van der Waals surface area (Å²) in [5.74, 6) is 0.661.